The number of carbonyl (C=O) groups is 2. The Bertz CT molecular complexity index is 840. The van der Waals surface area contributed by atoms with E-state index in [1.807, 2.05) is 20.8 Å². The molecular weight excluding hydrogens is 362 g/mol. The molecule has 1 aromatic carbocycles. The van der Waals surface area contributed by atoms with Gasteiger partial charge in [-0.25, -0.2) is 0 Å². The second-order valence-electron chi connectivity index (χ2n) is 6.52. The molecule has 2 aromatic rings. The second-order valence-corrected chi connectivity index (χ2v) is 6.52. The first-order valence-electron chi connectivity index (χ1n) is 9.05. The van der Waals surface area contributed by atoms with Crippen LogP contribution in [0, 0.1) is 13.8 Å². The molecule has 0 aliphatic rings. The first-order chi connectivity index (χ1) is 13.3. The molecule has 0 bridgehead atoms. The molecule has 2 amide bonds. The van der Waals surface area contributed by atoms with Crippen molar-refractivity contribution in [1.29, 1.82) is 0 Å². The van der Waals surface area contributed by atoms with E-state index in [0.29, 0.717) is 47.9 Å². The van der Waals surface area contributed by atoms with Gasteiger partial charge >= 0.3 is 0 Å². The number of benzene rings is 1. The van der Waals surface area contributed by atoms with E-state index >= 15 is 0 Å². The average Bonchev–Trinajstić information content (AvgIpc) is 2.98. The van der Waals surface area contributed by atoms with Crippen molar-refractivity contribution in [2.75, 3.05) is 26.6 Å². The van der Waals surface area contributed by atoms with Crippen molar-refractivity contribution in [3.63, 3.8) is 0 Å². The molecule has 0 radical (unpaired) electrons. The van der Waals surface area contributed by atoms with Crippen molar-refractivity contribution in [3.05, 3.63) is 34.7 Å². The molecule has 8 nitrogen and oxygen atoms in total. The normalized spacial score (nSPS) is 10.5. The lowest BCUT2D eigenvalue weighted by Gasteiger charge is -2.20. The van der Waals surface area contributed by atoms with Crippen molar-refractivity contribution >= 4 is 17.5 Å². The van der Waals surface area contributed by atoms with Crippen molar-refractivity contribution in [2.24, 2.45) is 0 Å². The van der Waals surface area contributed by atoms with Gasteiger partial charge in [0.05, 0.1) is 32.1 Å². The second kappa shape index (κ2) is 9.25. The van der Waals surface area contributed by atoms with E-state index in [1.165, 1.54) is 14.2 Å². The largest absolute Gasteiger partial charge is 0.493 e. The predicted octanol–water partition coefficient (Wildman–Crippen LogP) is 3.32. The number of amides is 2. The maximum absolute atomic E-state index is 13.0. The van der Waals surface area contributed by atoms with Gasteiger partial charge in [0, 0.05) is 24.6 Å². The molecule has 1 aromatic heterocycles. The molecule has 152 valence electrons. The highest BCUT2D eigenvalue weighted by Gasteiger charge is 2.21. The lowest BCUT2D eigenvalue weighted by atomic mass is 10.1. The highest BCUT2D eigenvalue weighted by Crippen LogP contribution is 2.37. The maximum Gasteiger partial charge on any atom is 0.254 e. The summed E-state index contributed by atoms with van der Waals surface area (Å²) in [6.07, 6.45) is 1.08. The van der Waals surface area contributed by atoms with E-state index in [4.69, 9.17) is 14.0 Å². The van der Waals surface area contributed by atoms with Crippen LogP contribution in [0.1, 0.15) is 47.1 Å². The zero-order valence-corrected chi connectivity index (χ0v) is 17.2. The van der Waals surface area contributed by atoms with Gasteiger partial charge < -0.3 is 24.2 Å². The molecule has 0 saturated heterocycles. The molecule has 0 unspecified atom stereocenters. The number of anilines is 1. The van der Waals surface area contributed by atoms with Crippen LogP contribution in [0.15, 0.2) is 16.7 Å². The van der Waals surface area contributed by atoms with Crippen LogP contribution in [0.4, 0.5) is 5.69 Å². The molecule has 0 aliphatic carbocycles. The van der Waals surface area contributed by atoms with Crippen LogP contribution in [0.25, 0.3) is 0 Å². The molecule has 0 spiro atoms. The number of aromatic nitrogens is 1. The summed E-state index contributed by atoms with van der Waals surface area (Å²) >= 11 is 0. The minimum Gasteiger partial charge on any atom is -0.493 e. The van der Waals surface area contributed by atoms with E-state index in [1.54, 1.807) is 24.1 Å². The van der Waals surface area contributed by atoms with Gasteiger partial charge in [-0.05, 0) is 32.4 Å². The molecule has 8 heteroatoms. The van der Waals surface area contributed by atoms with Gasteiger partial charge in [0.25, 0.3) is 5.91 Å². The Morgan fingerprint density at radius 3 is 2.46 bits per heavy atom. The van der Waals surface area contributed by atoms with Crippen molar-refractivity contribution in [1.82, 2.24) is 10.1 Å². The van der Waals surface area contributed by atoms with Crippen LogP contribution in [-0.4, -0.2) is 43.1 Å². The number of aryl methyl sites for hydroxylation is 2. The lowest BCUT2D eigenvalue weighted by Crippen LogP contribution is -2.27. The highest BCUT2D eigenvalue weighted by atomic mass is 16.5. The third-order valence-corrected chi connectivity index (χ3v) is 4.40. The van der Waals surface area contributed by atoms with Crippen molar-refractivity contribution in [3.8, 4) is 11.5 Å². The average molecular weight is 389 g/mol. The van der Waals surface area contributed by atoms with Crippen LogP contribution in [0.3, 0.4) is 0 Å². The van der Waals surface area contributed by atoms with E-state index in [-0.39, 0.29) is 11.8 Å². The summed E-state index contributed by atoms with van der Waals surface area (Å²) in [4.78, 5) is 26.6. The number of methoxy groups -OCH3 is 2. The van der Waals surface area contributed by atoms with E-state index < -0.39 is 0 Å². The fraction of sp³-hybridized carbons (Fsp3) is 0.450. The third kappa shape index (κ3) is 4.62. The van der Waals surface area contributed by atoms with Crippen LogP contribution in [0.5, 0.6) is 11.5 Å². The number of ether oxygens (including phenoxy) is 2. The van der Waals surface area contributed by atoms with Crippen molar-refractivity contribution in [2.45, 2.75) is 40.2 Å². The maximum atomic E-state index is 13.0. The fourth-order valence-electron chi connectivity index (χ4n) is 2.88. The monoisotopic (exact) mass is 389 g/mol. The Balaban J connectivity index is 2.35. The number of hydrogen-bond acceptors (Lipinski definition) is 6. The van der Waals surface area contributed by atoms with Gasteiger partial charge in [0.2, 0.25) is 5.91 Å². The Labute approximate surface area is 164 Å². The Hall–Kier alpha value is -3.03. The van der Waals surface area contributed by atoms with E-state index in [2.05, 4.69) is 10.5 Å². The highest BCUT2D eigenvalue weighted by molar-refractivity contribution is 5.99. The summed E-state index contributed by atoms with van der Waals surface area (Å²) in [6, 6.07) is 3.20. The van der Waals surface area contributed by atoms with Gasteiger partial charge in [-0.3, -0.25) is 9.59 Å². The summed E-state index contributed by atoms with van der Waals surface area (Å²) in [5, 5.41) is 6.71. The number of nitrogens with zero attached hydrogens (tertiary/aromatic N) is 2. The smallest absolute Gasteiger partial charge is 0.254 e. The molecule has 1 N–H and O–H groups in total. The minimum atomic E-state index is -0.230. The lowest BCUT2D eigenvalue weighted by molar-refractivity contribution is -0.116. The zero-order valence-electron chi connectivity index (χ0n) is 17.2. The summed E-state index contributed by atoms with van der Waals surface area (Å²) in [5.41, 5.74) is 2.39. The van der Waals surface area contributed by atoms with E-state index in [9.17, 15) is 9.59 Å². The molecule has 0 aliphatic heterocycles. The van der Waals surface area contributed by atoms with Crippen molar-refractivity contribution < 1.29 is 23.6 Å². The molecule has 0 fully saturated rings. The Morgan fingerprint density at radius 2 is 1.93 bits per heavy atom. The predicted molar refractivity (Wildman–Crippen MR) is 105 cm³/mol. The number of hydrogen-bond donors (Lipinski definition) is 1. The summed E-state index contributed by atoms with van der Waals surface area (Å²) in [6.45, 7) is 5.92. The zero-order chi connectivity index (χ0) is 20.8. The Morgan fingerprint density at radius 1 is 1.21 bits per heavy atom. The number of nitrogens with one attached hydrogen (secondary N) is 1. The molecule has 2 rings (SSSR count). The van der Waals surface area contributed by atoms with Gasteiger partial charge in [-0.1, -0.05) is 12.1 Å². The third-order valence-electron chi connectivity index (χ3n) is 4.40. The van der Waals surface area contributed by atoms with Gasteiger partial charge in [0.15, 0.2) is 11.5 Å². The molecule has 0 atom stereocenters. The molecule has 1 heterocycles. The van der Waals surface area contributed by atoms with Gasteiger partial charge in [-0.15, -0.1) is 0 Å². The van der Waals surface area contributed by atoms with Gasteiger partial charge in [0.1, 0.15) is 5.76 Å². The van der Waals surface area contributed by atoms with Crippen LogP contribution in [0.2, 0.25) is 0 Å². The van der Waals surface area contributed by atoms with E-state index in [0.717, 1.165) is 11.3 Å². The topological polar surface area (TPSA) is 93.9 Å². The molecule has 28 heavy (non-hydrogen) atoms. The standard InChI is InChI=1S/C20H27N3O5/c1-7-8-18(24)21-16-9-14(10-17(26-5)19(16)27-6)20(25)23(4)11-15-12(2)22-28-13(15)3/h9-10H,7-8,11H2,1-6H3,(H,21,24). The molecular formula is C20H27N3O5. The Kier molecular flexibility index (Phi) is 7.03. The number of rotatable bonds is 8. The summed E-state index contributed by atoms with van der Waals surface area (Å²) in [5.74, 6) is 1.03. The van der Waals surface area contributed by atoms with Gasteiger partial charge in [-0.2, -0.15) is 0 Å². The quantitative estimate of drug-likeness (QED) is 0.744. The fourth-order valence-corrected chi connectivity index (χ4v) is 2.88. The minimum absolute atomic E-state index is 0.156. The number of carbonyl (C=O) groups excluding carboxylic acids is 2. The van der Waals surface area contributed by atoms with Crippen LogP contribution < -0.4 is 14.8 Å². The SMILES string of the molecule is CCCC(=O)Nc1cc(C(=O)N(C)Cc2c(C)noc2C)cc(OC)c1OC. The molecule has 0 saturated carbocycles. The summed E-state index contributed by atoms with van der Waals surface area (Å²) < 4.78 is 15.9. The first kappa shape index (κ1) is 21.3. The van der Waals surface area contributed by atoms with Crippen LogP contribution >= 0.6 is 0 Å². The van der Waals surface area contributed by atoms with Crippen LogP contribution in [-0.2, 0) is 11.3 Å². The summed E-state index contributed by atoms with van der Waals surface area (Å²) in [7, 11) is 4.66. The first-order valence-corrected chi connectivity index (χ1v) is 9.05.